The number of amides is 1. The smallest absolute Gasteiger partial charge is 0.274 e. The lowest BCUT2D eigenvalue weighted by Gasteiger charge is -2.35. The predicted octanol–water partition coefficient (Wildman–Crippen LogP) is 2.21. The van der Waals surface area contributed by atoms with Gasteiger partial charge in [0.1, 0.15) is 11.5 Å². The van der Waals surface area contributed by atoms with Crippen LogP contribution < -0.4 is 10.3 Å². The third-order valence-corrected chi connectivity index (χ3v) is 5.81. The number of fused-ring (bicyclic) bond motifs is 1. The third-order valence-electron chi connectivity index (χ3n) is 5.21. The molecule has 0 bridgehead atoms. The van der Waals surface area contributed by atoms with Gasteiger partial charge in [0.25, 0.3) is 11.5 Å². The number of carbonyl (C=O) groups excluding carboxylic acids is 1. The number of H-pyrrole nitrogens is 1. The molecule has 1 aliphatic rings. The number of piperidine rings is 1. The van der Waals surface area contributed by atoms with Crippen molar-refractivity contribution in [3.63, 3.8) is 0 Å². The Hall–Kier alpha value is -3.21. The van der Waals surface area contributed by atoms with E-state index in [1.54, 1.807) is 17.9 Å². The number of halogens is 1. The monoisotopic (exact) mass is 447 g/mol. The average Bonchev–Trinajstić information content (AvgIpc) is 3.12. The lowest BCUT2D eigenvalue weighted by Crippen LogP contribution is -2.39. The number of aromatic amines is 1. The van der Waals surface area contributed by atoms with Gasteiger partial charge in [-0.1, -0.05) is 0 Å². The zero-order valence-electron chi connectivity index (χ0n) is 17.1. The van der Waals surface area contributed by atoms with Gasteiger partial charge in [0, 0.05) is 24.4 Å². The predicted molar refractivity (Wildman–Crippen MR) is 113 cm³/mol. The van der Waals surface area contributed by atoms with Crippen molar-refractivity contribution in [3.05, 3.63) is 63.5 Å². The minimum Gasteiger partial charge on any atom is -0.344 e. The molecule has 11 heteroatoms. The second kappa shape index (κ2) is 7.80. The number of aryl methyl sites for hydroxylation is 1. The second-order valence-electron chi connectivity index (χ2n) is 7.73. The molecule has 2 aromatic heterocycles. The molecule has 1 amide bonds. The molecule has 0 spiro atoms. The van der Waals surface area contributed by atoms with Crippen molar-refractivity contribution < 1.29 is 17.6 Å². The first-order valence-electron chi connectivity index (χ1n) is 9.80. The van der Waals surface area contributed by atoms with E-state index < -0.39 is 27.8 Å². The van der Waals surface area contributed by atoms with E-state index in [2.05, 4.69) is 14.8 Å². The molecule has 3 heterocycles. The van der Waals surface area contributed by atoms with Crippen LogP contribution in [0.1, 0.15) is 47.1 Å². The molecule has 1 atom stereocenters. The number of sulfonamides is 1. The Morgan fingerprint density at radius 1 is 1.26 bits per heavy atom. The molecule has 1 saturated heterocycles. The van der Waals surface area contributed by atoms with E-state index >= 15 is 0 Å². The first kappa shape index (κ1) is 21.0. The Kier molecular flexibility index (Phi) is 5.29. The molecule has 9 nitrogen and oxygen atoms in total. The highest BCUT2D eigenvalue weighted by molar-refractivity contribution is 7.92. The number of rotatable bonds is 4. The van der Waals surface area contributed by atoms with Gasteiger partial charge in [0.2, 0.25) is 10.0 Å². The van der Waals surface area contributed by atoms with Crippen LogP contribution in [0.4, 0.5) is 10.1 Å². The Morgan fingerprint density at radius 2 is 2.03 bits per heavy atom. The van der Waals surface area contributed by atoms with Crippen molar-refractivity contribution in [1.29, 1.82) is 0 Å². The first-order chi connectivity index (χ1) is 14.6. The van der Waals surface area contributed by atoms with Crippen LogP contribution in [-0.4, -0.2) is 46.6 Å². The Bertz CT molecular complexity index is 1330. The van der Waals surface area contributed by atoms with E-state index in [1.807, 2.05) is 0 Å². The van der Waals surface area contributed by atoms with Gasteiger partial charge in [0.15, 0.2) is 0 Å². The van der Waals surface area contributed by atoms with Crippen molar-refractivity contribution in [2.24, 2.45) is 0 Å². The quantitative estimate of drug-likeness (QED) is 0.636. The third kappa shape index (κ3) is 4.31. The zero-order valence-corrected chi connectivity index (χ0v) is 17.9. The molecule has 0 radical (unpaired) electrons. The molecule has 4 rings (SSSR count). The number of aromatic nitrogens is 3. The summed E-state index contributed by atoms with van der Waals surface area (Å²) in [6.07, 6.45) is 3.18. The van der Waals surface area contributed by atoms with Crippen LogP contribution in [0.3, 0.4) is 0 Å². The lowest BCUT2D eigenvalue weighted by molar-refractivity contribution is 0.0606. The number of hydrogen-bond donors (Lipinski definition) is 2. The highest BCUT2D eigenvalue weighted by Crippen LogP contribution is 2.33. The summed E-state index contributed by atoms with van der Waals surface area (Å²) in [5.74, 6) is -1.15. The van der Waals surface area contributed by atoms with Gasteiger partial charge in [0.05, 0.1) is 29.2 Å². The van der Waals surface area contributed by atoms with Crippen molar-refractivity contribution in [1.82, 2.24) is 19.5 Å². The first-order valence-corrected chi connectivity index (χ1v) is 11.7. The van der Waals surface area contributed by atoms with E-state index in [4.69, 9.17) is 0 Å². The molecule has 0 saturated carbocycles. The van der Waals surface area contributed by atoms with Crippen LogP contribution in [0.5, 0.6) is 0 Å². The molecule has 0 aliphatic carbocycles. The summed E-state index contributed by atoms with van der Waals surface area (Å²) in [6.45, 7) is 2.17. The highest BCUT2D eigenvalue weighted by Gasteiger charge is 2.32. The Morgan fingerprint density at radius 3 is 2.77 bits per heavy atom. The fourth-order valence-corrected chi connectivity index (χ4v) is 4.50. The Balaban J connectivity index is 1.75. The normalized spacial score (nSPS) is 17.1. The van der Waals surface area contributed by atoms with Gasteiger partial charge in [-0.2, -0.15) is 9.61 Å². The van der Waals surface area contributed by atoms with Crippen LogP contribution in [0.15, 0.2) is 35.1 Å². The summed E-state index contributed by atoms with van der Waals surface area (Å²) < 4.78 is 40.9. The van der Waals surface area contributed by atoms with Crippen LogP contribution >= 0.6 is 0 Å². The van der Waals surface area contributed by atoms with E-state index in [0.29, 0.717) is 30.0 Å². The minimum atomic E-state index is -3.67. The standard InChI is InChI=1S/C20H22FN5O4S/c1-12-9-19(27)26-18(22-12)11-16(23-26)17-5-3-4-8-25(17)20(28)14-10-13(21)6-7-15(14)24-31(2,29)30/h6-7,9-11,17,22,24H,3-5,8H2,1-2H3/t17-/m0/s1. The van der Waals surface area contributed by atoms with E-state index in [9.17, 15) is 22.4 Å². The number of anilines is 1. The van der Waals surface area contributed by atoms with Gasteiger partial charge in [-0.05, 0) is 44.4 Å². The van der Waals surface area contributed by atoms with Crippen LogP contribution in [0.2, 0.25) is 0 Å². The van der Waals surface area contributed by atoms with Gasteiger partial charge in [-0.15, -0.1) is 0 Å². The van der Waals surface area contributed by atoms with Gasteiger partial charge < -0.3 is 9.88 Å². The van der Waals surface area contributed by atoms with E-state index in [1.165, 1.54) is 16.6 Å². The summed E-state index contributed by atoms with van der Waals surface area (Å²) in [5.41, 5.74) is 1.41. The number of nitrogens with one attached hydrogen (secondary N) is 2. The summed E-state index contributed by atoms with van der Waals surface area (Å²) in [5, 5.41) is 4.40. The van der Waals surface area contributed by atoms with E-state index in [-0.39, 0.29) is 16.8 Å². The molecular weight excluding hydrogens is 425 g/mol. The maximum atomic E-state index is 13.9. The largest absolute Gasteiger partial charge is 0.344 e. The highest BCUT2D eigenvalue weighted by atomic mass is 32.2. The summed E-state index contributed by atoms with van der Waals surface area (Å²) in [7, 11) is -3.67. The topological polar surface area (TPSA) is 117 Å². The van der Waals surface area contributed by atoms with Crippen molar-refractivity contribution in [2.45, 2.75) is 32.2 Å². The van der Waals surface area contributed by atoms with Crippen molar-refractivity contribution in [3.8, 4) is 0 Å². The molecule has 164 valence electrons. The zero-order chi connectivity index (χ0) is 22.3. The van der Waals surface area contributed by atoms with Crippen molar-refractivity contribution >= 4 is 27.3 Å². The minimum absolute atomic E-state index is 0.0130. The van der Waals surface area contributed by atoms with Crippen LogP contribution in [0.25, 0.3) is 5.65 Å². The molecule has 1 fully saturated rings. The molecule has 31 heavy (non-hydrogen) atoms. The Labute approximate surface area is 177 Å². The number of carbonyl (C=O) groups is 1. The number of likely N-dealkylation sites (tertiary alicyclic amines) is 1. The lowest BCUT2D eigenvalue weighted by atomic mass is 9.98. The summed E-state index contributed by atoms with van der Waals surface area (Å²) in [6, 6.07) is 6.08. The summed E-state index contributed by atoms with van der Waals surface area (Å²) >= 11 is 0. The fraction of sp³-hybridized carbons (Fsp3) is 0.350. The van der Waals surface area contributed by atoms with Gasteiger partial charge in [-0.25, -0.2) is 12.8 Å². The number of hydrogen-bond acceptors (Lipinski definition) is 5. The maximum Gasteiger partial charge on any atom is 0.274 e. The van der Waals surface area contributed by atoms with Gasteiger partial charge >= 0.3 is 0 Å². The number of nitrogens with zero attached hydrogens (tertiary/aromatic N) is 3. The molecule has 2 N–H and O–H groups in total. The molecular formula is C20H22FN5O4S. The summed E-state index contributed by atoms with van der Waals surface area (Å²) in [4.78, 5) is 30.3. The number of benzene rings is 1. The van der Waals surface area contributed by atoms with Gasteiger partial charge in [-0.3, -0.25) is 14.3 Å². The molecule has 1 aliphatic heterocycles. The maximum absolute atomic E-state index is 13.9. The van der Waals surface area contributed by atoms with E-state index in [0.717, 1.165) is 31.2 Å². The molecule has 1 aromatic carbocycles. The fourth-order valence-electron chi connectivity index (χ4n) is 3.92. The molecule has 0 unspecified atom stereocenters. The SMILES string of the molecule is Cc1cc(=O)n2nc([C@@H]3CCCCN3C(=O)c3cc(F)ccc3NS(C)(=O)=O)cc2[nH]1. The van der Waals surface area contributed by atoms with Crippen LogP contribution in [-0.2, 0) is 10.0 Å². The van der Waals surface area contributed by atoms with Crippen LogP contribution in [0, 0.1) is 12.7 Å². The molecule has 3 aromatic rings. The van der Waals surface area contributed by atoms with Crippen molar-refractivity contribution in [2.75, 3.05) is 17.5 Å². The second-order valence-corrected chi connectivity index (χ2v) is 9.48. The average molecular weight is 447 g/mol.